The molecule has 0 unspecified atom stereocenters. The summed E-state index contributed by atoms with van der Waals surface area (Å²) < 4.78 is 0. The van der Waals surface area contributed by atoms with Gasteiger partial charge in [-0.3, -0.25) is 4.79 Å². The molecule has 3 nitrogen and oxygen atoms in total. The van der Waals surface area contributed by atoms with Gasteiger partial charge >= 0.3 is 0 Å². The van der Waals surface area contributed by atoms with Crippen LogP contribution in [0.1, 0.15) is 51.9 Å². The summed E-state index contributed by atoms with van der Waals surface area (Å²) in [4.78, 5) is 13.7. The maximum Gasteiger partial charge on any atom is 0.222 e. The van der Waals surface area contributed by atoms with Crippen LogP contribution in [-0.2, 0) is 4.79 Å². The van der Waals surface area contributed by atoms with E-state index in [2.05, 4.69) is 13.0 Å². The normalized spacial score (nSPS) is 17.1. The number of nitrogens with zero attached hydrogens (tertiary/aromatic N) is 2. The molecule has 3 heteroatoms. The van der Waals surface area contributed by atoms with Crippen molar-refractivity contribution in [3.63, 3.8) is 0 Å². The predicted molar refractivity (Wildman–Crippen MR) is 63.7 cm³/mol. The van der Waals surface area contributed by atoms with E-state index in [1.807, 2.05) is 4.90 Å². The van der Waals surface area contributed by atoms with Gasteiger partial charge in [0.2, 0.25) is 5.91 Å². The number of piperidine rings is 1. The Morgan fingerprint density at radius 3 is 2.56 bits per heavy atom. The first-order valence-electron chi connectivity index (χ1n) is 6.45. The van der Waals surface area contributed by atoms with Gasteiger partial charge in [0.15, 0.2) is 0 Å². The smallest absolute Gasteiger partial charge is 0.222 e. The van der Waals surface area contributed by atoms with E-state index >= 15 is 0 Å². The first-order valence-corrected chi connectivity index (χ1v) is 6.45. The van der Waals surface area contributed by atoms with Crippen LogP contribution in [0.3, 0.4) is 0 Å². The van der Waals surface area contributed by atoms with Gasteiger partial charge in [-0.1, -0.05) is 26.2 Å². The topological polar surface area (TPSA) is 44.1 Å². The van der Waals surface area contributed by atoms with Crippen molar-refractivity contribution in [1.29, 1.82) is 5.26 Å². The fraction of sp³-hybridized carbons (Fsp3) is 0.846. The van der Waals surface area contributed by atoms with E-state index in [1.54, 1.807) is 0 Å². The second-order valence-corrected chi connectivity index (χ2v) is 4.59. The van der Waals surface area contributed by atoms with Gasteiger partial charge in [-0.2, -0.15) is 5.26 Å². The summed E-state index contributed by atoms with van der Waals surface area (Å²) in [6, 6.07) is 2.29. The zero-order valence-electron chi connectivity index (χ0n) is 10.2. The second-order valence-electron chi connectivity index (χ2n) is 4.59. The van der Waals surface area contributed by atoms with Crippen molar-refractivity contribution >= 4 is 5.91 Å². The third-order valence-electron chi connectivity index (χ3n) is 3.27. The largest absolute Gasteiger partial charge is 0.343 e. The highest BCUT2D eigenvalue weighted by Gasteiger charge is 2.21. The Balaban J connectivity index is 2.16. The Bertz CT molecular complexity index is 249. The number of unbranched alkanes of at least 4 members (excludes halogenated alkanes) is 3. The summed E-state index contributed by atoms with van der Waals surface area (Å²) in [6.45, 7) is 3.74. The molecule has 0 radical (unpaired) electrons. The van der Waals surface area contributed by atoms with Crippen LogP contribution in [0.5, 0.6) is 0 Å². The highest BCUT2D eigenvalue weighted by Crippen LogP contribution is 2.17. The van der Waals surface area contributed by atoms with Gasteiger partial charge in [-0.25, -0.2) is 0 Å². The molecule has 0 atom stereocenters. The Morgan fingerprint density at radius 2 is 2.00 bits per heavy atom. The third kappa shape index (κ3) is 4.22. The number of carbonyl (C=O) groups excluding carboxylic acids is 1. The van der Waals surface area contributed by atoms with Crippen LogP contribution in [0.4, 0.5) is 0 Å². The zero-order chi connectivity index (χ0) is 11.8. The predicted octanol–water partition coefficient (Wildman–Crippen LogP) is 2.72. The third-order valence-corrected chi connectivity index (χ3v) is 3.27. The fourth-order valence-corrected chi connectivity index (χ4v) is 2.12. The minimum Gasteiger partial charge on any atom is -0.343 e. The molecule has 0 aliphatic carbocycles. The average Bonchev–Trinajstić information content (AvgIpc) is 2.34. The van der Waals surface area contributed by atoms with Crippen molar-refractivity contribution in [2.24, 2.45) is 5.92 Å². The van der Waals surface area contributed by atoms with Crippen molar-refractivity contribution in [3.05, 3.63) is 0 Å². The Kier molecular flexibility index (Phi) is 5.92. The molecule has 0 N–H and O–H groups in total. The second kappa shape index (κ2) is 7.27. The van der Waals surface area contributed by atoms with Crippen LogP contribution in [0.15, 0.2) is 0 Å². The SMILES string of the molecule is CCCCCCC(=O)N1CCC(C#N)CC1. The van der Waals surface area contributed by atoms with Gasteiger partial charge in [0, 0.05) is 25.4 Å². The first-order chi connectivity index (χ1) is 7.77. The lowest BCUT2D eigenvalue weighted by Gasteiger charge is -2.29. The quantitative estimate of drug-likeness (QED) is 0.671. The number of carbonyl (C=O) groups is 1. The number of likely N-dealkylation sites (tertiary alicyclic amines) is 1. The maximum absolute atomic E-state index is 11.8. The number of hydrogen-bond acceptors (Lipinski definition) is 2. The molecular weight excluding hydrogens is 200 g/mol. The van der Waals surface area contributed by atoms with Crippen LogP contribution < -0.4 is 0 Å². The van der Waals surface area contributed by atoms with Crippen LogP contribution in [0, 0.1) is 17.2 Å². The molecular formula is C13H22N2O. The minimum atomic E-state index is 0.171. The summed E-state index contributed by atoms with van der Waals surface area (Å²) in [5.74, 6) is 0.455. The molecule has 1 fully saturated rings. The van der Waals surface area contributed by atoms with Gasteiger partial charge < -0.3 is 4.90 Å². The standard InChI is InChI=1S/C13H22N2O/c1-2-3-4-5-6-13(16)15-9-7-12(11-14)8-10-15/h12H,2-10H2,1H3. The Morgan fingerprint density at radius 1 is 1.31 bits per heavy atom. The molecule has 1 amide bonds. The van der Waals surface area contributed by atoms with Crippen LogP contribution in [0.25, 0.3) is 0 Å². The van der Waals surface area contributed by atoms with Gasteiger partial charge in [-0.15, -0.1) is 0 Å². The van der Waals surface area contributed by atoms with Crippen molar-refractivity contribution in [1.82, 2.24) is 4.90 Å². The summed E-state index contributed by atoms with van der Waals surface area (Å²) >= 11 is 0. The van der Waals surface area contributed by atoms with E-state index < -0.39 is 0 Å². The van der Waals surface area contributed by atoms with E-state index in [1.165, 1.54) is 12.8 Å². The van der Waals surface area contributed by atoms with E-state index in [4.69, 9.17) is 5.26 Å². The van der Waals surface area contributed by atoms with Crippen LogP contribution >= 0.6 is 0 Å². The fourth-order valence-electron chi connectivity index (χ4n) is 2.12. The zero-order valence-corrected chi connectivity index (χ0v) is 10.2. The Labute approximate surface area is 98.4 Å². The maximum atomic E-state index is 11.8. The molecule has 0 aromatic heterocycles. The molecule has 90 valence electrons. The lowest BCUT2D eigenvalue weighted by atomic mass is 9.98. The van der Waals surface area contributed by atoms with Crippen molar-refractivity contribution < 1.29 is 4.79 Å². The van der Waals surface area contributed by atoms with Crippen LogP contribution in [0.2, 0.25) is 0 Å². The van der Waals surface area contributed by atoms with Gasteiger partial charge in [0.1, 0.15) is 0 Å². The van der Waals surface area contributed by atoms with E-state index in [-0.39, 0.29) is 11.8 Å². The van der Waals surface area contributed by atoms with Gasteiger partial charge in [-0.05, 0) is 19.3 Å². The molecule has 16 heavy (non-hydrogen) atoms. The van der Waals surface area contributed by atoms with Gasteiger partial charge in [0.05, 0.1) is 6.07 Å². The molecule has 1 rings (SSSR count). The molecule has 1 heterocycles. The van der Waals surface area contributed by atoms with Crippen molar-refractivity contribution in [3.8, 4) is 6.07 Å². The van der Waals surface area contributed by atoms with Gasteiger partial charge in [0.25, 0.3) is 0 Å². The minimum absolute atomic E-state index is 0.171. The van der Waals surface area contributed by atoms with E-state index in [0.717, 1.165) is 38.8 Å². The van der Waals surface area contributed by atoms with Crippen LogP contribution in [-0.4, -0.2) is 23.9 Å². The lowest BCUT2D eigenvalue weighted by molar-refractivity contribution is -0.132. The van der Waals surface area contributed by atoms with E-state index in [0.29, 0.717) is 6.42 Å². The molecule has 0 saturated carbocycles. The molecule has 0 bridgehead atoms. The highest BCUT2D eigenvalue weighted by molar-refractivity contribution is 5.76. The van der Waals surface area contributed by atoms with E-state index in [9.17, 15) is 4.79 Å². The monoisotopic (exact) mass is 222 g/mol. The molecule has 0 spiro atoms. The molecule has 0 aromatic carbocycles. The lowest BCUT2D eigenvalue weighted by Crippen LogP contribution is -2.38. The highest BCUT2D eigenvalue weighted by atomic mass is 16.2. The Hall–Kier alpha value is -1.04. The van der Waals surface area contributed by atoms with Crippen molar-refractivity contribution in [2.45, 2.75) is 51.9 Å². The average molecular weight is 222 g/mol. The first kappa shape index (κ1) is 13.0. The number of hydrogen-bond donors (Lipinski definition) is 0. The summed E-state index contributed by atoms with van der Waals surface area (Å²) in [7, 11) is 0. The molecule has 1 aliphatic rings. The molecule has 0 aromatic rings. The number of amides is 1. The van der Waals surface area contributed by atoms with Crippen molar-refractivity contribution in [2.75, 3.05) is 13.1 Å². The summed E-state index contributed by atoms with van der Waals surface area (Å²) in [5, 5.41) is 8.76. The summed E-state index contributed by atoms with van der Waals surface area (Å²) in [6.07, 6.45) is 7.03. The number of nitriles is 1. The summed E-state index contributed by atoms with van der Waals surface area (Å²) in [5.41, 5.74) is 0. The molecule has 1 saturated heterocycles. The number of rotatable bonds is 5. The molecule has 1 aliphatic heterocycles.